The Morgan fingerprint density at radius 3 is 2.81 bits per heavy atom. The molecule has 1 N–H and O–H groups in total. The minimum atomic E-state index is 0.104. The topological polar surface area (TPSA) is 24.5 Å². The van der Waals surface area contributed by atoms with E-state index < -0.39 is 0 Å². The highest BCUT2D eigenvalue weighted by Gasteiger charge is 2.31. The van der Waals surface area contributed by atoms with Crippen LogP contribution >= 0.6 is 0 Å². The minimum Gasteiger partial charge on any atom is -0.375 e. The number of likely N-dealkylation sites (N-methyl/N-ethyl adjacent to an activating group) is 1. The zero-order valence-corrected chi connectivity index (χ0v) is 11.4. The number of rotatable bonds is 6. The minimum absolute atomic E-state index is 0.104. The molecule has 1 fully saturated rings. The molecule has 0 saturated carbocycles. The Hall–Kier alpha value is -0.120. The Balaban J connectivity index is 2.22. The maximum atomic E-state index is 5.84. The molecule has 1 heterocycles. The van der Waals surface area contributed by atoms with E-state index in [0.717, 1.165) is 45.5 Å². The van der Waals surface area contributed by atoms with Crippen LogP contribution in [0.15, 0.2) is 0 Å². The largest absolute Gasteiger partial charge is 0.375 e. The predicted molar refractivity (Wildman–Crippen MR) is 68.8 cm³/mol. The van der Waals surface area contributed by atoms with Crippen molar-refractivity contribution in [1.29, 1.82) is 0 Å². The zero-order chi connectivity index (χ0) is 12.0. The van der Waals surface area contributed by atoms with Crippen LogP contribution in [-0.4, -0.2) is 49.8 Å². The molecular weight excluding hydrogens is 200 g/mol. The van der Waals surface area contributed by atoms with Gasteiger partial charge in [0.2, 0.25) is 0 Å². The van der Waals surface area contributed by atoms with E-state index in [2.05, 4.69) is 38.0 Å². The average Bonchev–Trinajstić information content (AvgIpc) is 2.29. The van der Waals surface area contributed by atoms with Crippen molar-refractivity contribution in [2.24, 2.45) is 0 Å². The van der Waals surface area contributed by atoms with Crippen molar-refractivity contribution >= 4 is 0 Å². The molecule has 0 bridgehead atoms. The van der Waals surface area contributed by atoms with Crippen LogP contribution in [0.1, 0.15) is 40.0 Å². The lowest BCUT2D eigenvalue weighted by Gasteiger charge is -2.38. The molecule has 0 aliphatic carbocycles. The van der Waals surface area contributed by atoms with Crippen LogP contribution in [0.5, 0.6) is 0 Å². The number of hydrogen-bond acceptors (Lipinski definition) is 3. The lowest BCUT2D eigenvalue weighted by molar-refractivity contribution is -0.0779. The van der Waals surface area contributed by atoms with E-state index in [1.807, 2.05) is 0 Å². The SMILES string of the molecule is CCN(C)CCNC1CCOC(C)(CC)C1. The summed E-state index contributed by atoms with van der Waals surface area (Å²) in [6, 6.07) is 0.643. The van der Waals surface area contributed by atoms with Gasteiger partial charge in [0, 0.05) is 25.7 Å². The highest BCUT2D eigenvalue weighted by molar-refractivity contribution is 4.85. The molecule has 96 valence electrons. The third kappa shape index (κ3) is 4.40. The second-order valence-corrected chi connectivity index (χ2v) is 5.19. The number of ether oxygens (including phenoxy) is 1. The van der Waals surface area contributed by atoms with Gasteiger partial charge in [-0.25, -0.2) is 0 Å². The van der Waals surface area contributed by atoms with Crippen molar-refractivity contribution in [2.75, 3.05) is 33.3 Å². The van der Waals surface area contributed by atoms with Crippen LogP contribution in [0.2, 0.25) is 0 Å². The molecule has 0 aromatic rings. The van der Waals surface area contributed by atoms with Crippen LogP contribution in [0.25, 0.3) is 0 Å². The van der Waals surface area contributed by atoms with Crippen molar-refractivity contribution in [1.82, 2.24) is 10.2 Å². The van der Waals surface area contributed by atoms with Gasteiger partial charge in [-0.1, -0.05) is 13.8 Å². The van der Waals surface area contributed by atoms with Gasteiger partial charge in [0.25, 0.3) is 0 Å². The molecule has 0 amide bonds. The predicted octanol–water partition coefficient (Wildman–Crippen LogP) is 1.88. The molecule has 0 radical (unpaired) electrons. The Labute approximate surface area is 101 Å². The van der Waals surface area contributed by atoms with Crippen LogP contribution in [0.3, 0.4) is 0 Å². The summed E-state index contributed by atoms with van der Waals surface area (Å²) in [5, 5.41) is 3.65. The van der Waals surface area contributed by atoms with E-state index in [0.29, 0.717) is 6.04 Å². The molecule has 3 nitrogen and oxygen atoms in total. The second kappa shape index (κ2) is 6.58. The van der Waals surface area contributed by atoms with Gasteiger partial charge >= 0.3 is 0 Å². The van der Waals surface area contributed by atoms with E-state index in [4.69, 9.17) is 4.74 Å². The first-order valence-electron chi connectivity index (χ1n) is 6.65. The van der Waals surface area contributed by atoms with E-state index in [1.54, 1.807) is 0 Å². The summed E-state index contributed by atoms with van der Waals surface area (Å²) in [6.07, 6.45) is 3.42. The smallest absolute Gasteiger partial charge is 0.0666 e. The highest BCUT2D eigenvalue weighted by Crippen LogP contribution is 2.27. The maximum Gasteiger partial charge on any atom is 0.0666 e. The van der Waals surface area contributed by atoms with Gasteiger partial charge < -0.3 is 15.0 Å². The Kier molecular flexibility index (Phi) is 5.73. The molecule has 1 rings (SSSR count). The van der Waals surface area contributed by atoms with Crippen molar-refractivity contribution in [3.63, 3.8) is 0 Å². The monoisotopic (exact) mass is 228 g/mol. The lowest BCUT2D eigenvalue weighted by atomic mass is 9.90. The summed E-state index contributed by atoms with van der Waals surface area (Å²) in [6.45, 7) is 10.9. The van der Waals surface area contributed by atoms with Gasteiger partial charge in [-0.2, -0.15) is 0 Å². The van der Waals surface area contributed by atoms with E-state index >= 15 is 0 Å². The number of nitrogens with one attached hydrogen (secondary N) is 1. The fourth-order valence-electron chi connectivity index (χ4n) is 2.17. The van der Waals surface area contributed by atoms with Gasteiger partial charge in [-0.15, -0.1) is 0 Å². The first-order chi connectivity index (χ1) is 7.59. The Morgan fingerprint density at radius 1 is 1.44 bits per heavy atom. The van der Waals surface area contributed by atoms with Gasteiger partial charge in [0.15, 0.2) is 0 Å². The zero-order valence-electron chi connectivity index (χ0n) is 11.4. The quantitative estimate of drug-likeness (QED) is 0.751. The molecule has 16 heavy (non-hydrogen) atoms. The Morgan fingerprint density at radius 2 is 2.19 bits per heavy atom. The molecular formula is C13H28N2O. The number of hydrogen-bond donors (Lipinski definition) is 1. The molecule has 0 aromatic heterocycles. The first kappa shape index (κ1) is 13.9. The van der Waals surface area contributed by atoms with Crippen molar-refractivity contribution in [3.05, 3.63) is 0 Å². The molecule has 2 atom stereocenters. The molecule has 1 aliphatic rings. The van der Waals surface area contributed by atoms with Crippen molar-refractivity contribution in [3.8, 4) is 0 Å². The summed E-state index contributed by atoms with van der Waals surface area (Å²) >= 11 is 0. The molecule has 1 saturated heterocycles. The summed E-state index contributed by atoms with van der Waals surface area (Å²) in [7, 11) is 2.17. The van der Waals surface area contributed by atoms with Gasteiger partial charge in [0.05, 0.1) is 5.60 Å². The molecule has 0 spiro atoms. The fourth-order valence-corrected chi connectivity index (χ4v) is 2.17. The summed E-state index contributed by atoms with van der Waals surface area (Å²) in [5.41, 5.74) is 0.104. The normalized spacial score (nSPS) is 30.9. The van der Waals surface area contributed by atoms with E-state index in [9.17, 15) is 0 Å². The Bertz CT molecular complexity index is 198. The van der Waals surface area contributed by atoms with Crippen molar-refractivity contribution in [2.45, 2.75) is 51.7 Å². The number of nitrogens with zero attached hydrogens (tertiary/aromatic N) is 1. The summed E-state index contributed by atoms with van der Waals surface area (Å²) in [5.74, 6) is 0. The third-order valence-electron chi connectivity index (χ3n) is 3.81. The highest BCUT2D eigenvalue weighted by atomic mass is 16.5. The van der Waals surface area contributed by atoms with Gasteiger partial charge in [0.1, 0.15) is 0 Å². The molecule has 1 aliphatic heterocycles. The summed E-state index contributed by atoms with van der Waals surface area (Å²) < 4.78 is 5.84. The molecule has 3 heteroatoms. The van der Waals surface area contributed by atoms with Crippen LogP contribution in [0.4, 0.5) is 0 Å². The summed E-state index contributed by atoms with van der Waals surface area (Å²) in [4.78, 5) is 2.34. The van der Waals surface area contributed by atoms with Crippen LogP contribution in [-0.2, 0) is 4.74 Å². The van der Waals surface area contributed by atoms with E-state index in [-0.39, 0.29) is 5.60 Å². The second-order valence-electron chi connectivity index (χ2n) is 5.19. The molecule has 0 aromatic carbocycles. The van der Waals surface area contributed by atoms with Crippen LogP contribution in [0, 0.1) is 0 Å². The first-order valence-corrected chi connectivity index (χ1v) is 6.65. The molecule has 2 unspecified atom stereocenters. The van der Waals surface area contributed by atoms with Gasteiger partial charge in [-0.05, 0) is 39.8 Å². The lowest BCUT2D eigenvalue weighted by Crippen LogP contribution is -2.46. The van der Waals surface area contributed by atoms with E-state index in [1.165, 1.54) is 0 Å². The third-order valence-corrected chi connectivity index (χ3v) is 3.81. The average molecular weight is 228 g/mol. The van der Waals surface area contributed by atoms with Crippen molar-refractivity contribution < 1.29 is 4.74 Å². The van der Waals surface area contributed by atoms with Crippen LogP contribution < -0.4 is 5.32 Å². The van der Waals surface area contributed by atoms with Gasteiger partial charge in [-0.3, -0.25) is 0 Å². The fraction of sp³-hybridized carbons (Fsp3) is 1.00. The standard InChI is InChI=1S/C13H28N2O/c1-5-13(3)11-12(7-10-16-13)14-8-9-15(4)6-2/h12,14H,5-11H2,1-4H3. The maximum absolute atomic E-state index is 5.84.